The number of rotatable bonds is 4. The highest BCUT2D eigenvalue weighted by Gasteiger charge is 2.51. The van der Waals surface area contributed by atoms with Crippen molar-refractivity contribution in [3.05, 3.63) is 158 Å². The van der Waals surface area contributed by atoms with Crippen molar-refractivity contribution < 1.29 is 0 Å². The van der Waals surface area contributed by atoms with Crippen LogP contribution < -0.4 is 31.7 Å². The fourth-order valence-corrected chi connectivity index (χ4v) is 12.1. The number of nitrogens with zero attached hydrogens (tertiary/aromatic N) is 4. The molecule has 10 aromatic rings. The number of para-hydroxylation sites is 4. The predicted molar refractivity (Wildman–Crippen MR) is 252 cm³/mol. The Hall–Kier alpha value is -6.21. The smallest absolute Gasteiger partial charge is 0.333 e. The van der Waals surface area contributed by atoms with Crippen LogP contribution in [0.5, 0.6) is 0 Å². The number of aromatic nitrogens is 2. The lowest BCUT2D eigenvalue weighted by molar-refractivity contribution is 1.21. The minimum absolute atomic E-state index is 0.0180. The SMILES string of the molecule is CSc1ccc2c(c1)N(c1ccccc1)c1cc3c4c5c1B2n1c2ccccc2c2cc6c7ccccc7n(c6c-5c21)B4c1ccc(SC)cc1N3c1ccccc1. The molecule has 8 aromatic carbocycles. The first-order chi connectivity index (χ1) is 28.7. The van der Waals surface area contributed by atoms with Crippen molar-refractivity contribution in [3.8, 4) is 11.1 Å². The average molecular weight is 775 g/mol. The summed E-state index contributed by atoms with van der Waals surface area (Å²) in [6, 6.07) is 59.8. The van der Waals surface area contributed by atoms with Gasteiger partial charge in [0.25, 0.3) is 0 Å². The molecule has 58 heavy (non-hydrogen) atoms. The lowest BCUT2D eigenvalue weighted by Gasteiger charge is -2.47. The van der Waals surface area contributed by atoms with Gasteiger partial charge in [-0.1, -0.05) is 84.9 Å². The molecule has 0 radical (unpaired) electrons. The maximum atomic E-state index is 2.72. The first-order valence-electron chi connectivity index (χ1n) is 20.0. The van der Waals surface area contributed by atoms with Gasteiger partial charge in [0, 0.05) is 93.1 Å². The molecule has 0 fully saturated rings. The highest BCUT2D eigenvalue weighted by Crippen LogP contribution is 2.54. The van der Waals surface area contributed by atoms with Crippen molar-refractivity contribution in [3.63, 3.8) is 0 Å². The van der Waals surface area contributed by atoms with Gasteiger partial charge in [0.05, 0.1) is 0 Å². The van der Waals surface area contributed by atoms with E-state index in [-0.39, 0.29) is 13.7 Å². The Morgan fingerprint density at radius 3 is 1.31 bits per heavy atom. The molecule has 8 heteroatoms. The van der Waals surface area contributed by atoms with Gasteiger partial charge in [0.2, 0.25) is 0 Å². The average Bonchev–Trinajstić information content (AvgIpc) is 3.80. The van der Waals surface area contributed by atoms with Crippen LogP contribution in [-0.4, -0.2) is 35.2 Å². The fraction of sp³-hybridized carbons (Fsp3) is 0.0400. The molecule has 0 aliphatic carbocycles. The van der Waals surface area contributed by atoms with Gasteiger partial charge in [-0.15, -0.1) is 23.5 Å². The van der Waals surface area contributed by atoms with Crippen LogP contribution in [0.3, 0.4) is 0 Å². The summed E-state index contributed by atoms with van der Waals surface area (Å²) in [5.74, 6) is 0. The molecule has 14 rings (SSSR count). The molecule has 4 nitrogen and oxygen atoms in total. The van der Waals surface area contributed by atoms with E-state index < -0.39 is 0 Å². The van der Waals surface area contributed by atoms with E-state index in [0.29, 0.717) is 0 Å². The molecule has 0 saturated heterocycles. The third kappa shape index (κ3) is 3.75. The van der Waals surface area contributed by atoms with Crippen LogP contribution in [0.15, 0.2) is 168 Å². The van der Waals surface area contributed by atoms with E-state index in [0.717, 1.165) is 0 Å². The minimum Gasteiger partial charge on any atom is -0.375 e. The molecule has 0 unspecified atom stereocenters. The molecule has 6 heterocycles. The van der Waals surface area contributed by atoms with Gasteiger partial charge in [-0.25, -0.2) is 0 Å². The number of fused-ring (bicyclic) bond motifs is 12. The predicted octanol–water partition coefficient (Wildman–Crippen LogP) is 10.5. The third-order valence-corrected chi connectivity index (χ3v) is 14.8. The first kappa shape index (κ1) is 31.8. The first-order valence-corrected chi connectivity index (χ1v) is 22.4. The van der Waals surface area contributed by atoms with E-state index >= 15 is 0 Å². The standard InChI is InChI=1S/C50H32B2N4S2/c1-57-31-21-23-37-41(25-31)53(29-13-5-3-6-14-29)43-28-44-48-45-46-49-35(33-17-9-11-19-39(33)55(49)51(37)47(43)45)27-36-34-18-10-12-20-40(34)56(50(36)46)52(48)38-24-22-32(58-2)26-42(38)54(44)30-15-7-4-8-16-30/h3-28H,1-2H3. The number of thioether (sulfide) groups is 2. The Labute approximate surface area is 344 Å². The Morgan fingerprint density at radius 2 is 0.845 bits per heavy atom. The molecule has 0 N–H and O–H groups in total. The zero-order valence-corrected chi connectivity index (χ0v) is 33.4. The normalized spacial score (nSPS) is 14.0. The molecule has 270 valence electrons. The van der Waals surface area contributed by atoms with E-state index in [1.807, 2.05) is 23.5 Å². The van der Waals surface area contributed by atoms with Gasteiger partial charge < -0.3 is 18.8 Å². The summed E-state index contributed by atoms with van der Waals surface area (Å²) in [4.78, 5) is 7.66. The van der Waals surface area contributed by atoms with E-state index in [9.17, 15) is 0 Å². The van der Waals surface area contributed by atoms with Crippen molar-refractivity contribution in [1.29, 1.82) is 0 Å². The molecular weight excluding hydrogens is 742 g/mol. The van der Waals surface area contributed by atoms with Gasteiger partial charge in [0.15, 0.2) is 0 Å². The van der Waals surface area contributed by atoms with Crippen molar-refractivity contribution in [2.24, 2.45) is 0 Å². The van der Waals surface area contributed by atoms with Crippen LogP contribution in [0.1, 0.15) is 0 Å². The molecule has 0 bridgehead atoms. The summed E-state index contributed by atoms with van der Waals surface area (Å²) < 4.78 is 5.44. The summed E-state index contributed by atoms with van der Waals surface area (Å²) in [6.45, 7) is -0.0360. The third-order valence-electron chi connectivity index (χ3n) is 13.4. The van der Waals surface area contributed by atoms with E-state index in [4.69, 9.17) is 0 Å². The Morgan fingerprint density at radius 1 is 0.397 bits per heavy atom. The maximum Gasteiger partial charge on any atom is 0.333 e. The summed E-state index contributed by atoms with van der Waals surface area (Å²) in [5.41, 5.74) is 20.8. The molecule has 0 saturated carbocycles. The second kappa shape index (κ2) is 11.3. The van der Waals surface area contributed by atoms with Gasteiger partial charge in [-0.2, -0.15) is 0 Å². The zero-order chi connectivity index (χ0) is 38.0. The Balaban J connectivity index is 1.27. The van der Waals surface area contributed by atoms with Crippen LogP contribution in [0, 0.1) is 0 Å². The number of anilines is 6. The highest BCUT2D eigenvalue weighted by atomic mass is 32.2. The highest BCUT2D eigenvalue weighted by molar-refractivity contribution is 7.98. The number of benzene rings is 8. The van der Waals surface area contributed by atoms with Crippen molar-refractivity contribution in [1.82, 2.24) is 8.96 Å². The molecule has 4 aliphatic rings. The summed E-state index contributed by atoms with van der Waals surface area (Å²) in [5, 5.41) is 5.29. The zero-order valence-electron chi connectivity index (χ0n) is 31.8. The molecule has 0 atom stereocenters. The van der Waals surface area contributed by atoms with E-state index in [1.165, 1.54) is 121 Å². The van der Waals surface area contributed by atoms with Gasteiger partial charge >= 0.3 is 13.7 Å². The monoisotopic (exact) mass is 774 g/mol. The molecule has 2 aromatic heterocycles. The quantitative estimate of drug-likeness (QED) is 0.131. The van der Waals surface area contributed by atoms with Crippen LogP contribution in [0.4, 0.5) is 34.1 Å². The largest absolute Gasteiger partial charge is 0.375 e. The van der Waals surface area contributed by atoms with Crippen LogP contribution in [-0.2, 0) is 0 Å². The summed E-state index contributed by atoms with van der Waals surface area (Å²) in [7, 11) is 0. The van der Waals surface area contributed by atoms with Gasteiger partial charge in [-0.3, -0.25) is 0 Å². The second-order valence-corrected chi connectivity index (χ2v) is 17.7. The maximum absolute atomic E-state index is 2.72. The van der Waals surface area contributed by atoms with E-state index in [1.54, 1.807) is 0 Å². The lowest BCUT2D eigenvalue weighted by Crippen LogP contribution is -2.63. The molecular formula is C50H32B2N4S2. The second-order valence-electron chi connectivity index (χ2n) is 15.9. The topological polar surface area (TPSA) is 16.3 Å². The minimum atomic E-state index is -0.0180. The van der Waals surface area contributed by atoms with Gasteiger partial charge in [-0.05, 0) is 113 Å². The number of hydrogen-bond acceptors (Lipinski definition) is 4. The summed E-state index contributed by atoms with van der Waals surface area (Å²) in [6.07, 6.45) is 4.38. The number of hydrogen-bond donors (Lipinski definition) is 0. The molecule has 4 aliphatic heterocycles. The van der Waals surface area contributed by atoms with Crippen LogP contribution >= 0.6 is 23.5 Å². The lowest BCUT2D eigenvalue weighted by atomic mass is 9.39. The fourth-order valence-electron chi connectivity index (χ4n) is 11.3. The van der Waals surface area contributed by atoms with Crippen molar-refractivity contribution in [2.75, 3.05) is 22.3 Å². The Kier molecular flexibility index (Phi) is 6.17. The van der Waals surface area contributed by atoms with Crippen molar-refractivity contribution >= 4 is 137 Å². The molecule has 0 amide bonds. The van der Waals surface area contributed by atoms with Crippen LogP contribution in [0.25, 0.3) is 54.7 Å². The molecule has 0 spiro atoms. The van der Waals surface area contributed by atoms with Crippen molar-refractivity contribution in [2.45, 2.75) is 9.79 Å². The van der Waals surface area contributed by atoms with E-state index in [2.05, 4.69) is 189 Å². The summed E-state index contributed by atoms with van der Waals surface area (Å²) >= 11 is 3.62. The van der Waals surface area contributed by atoms with Gasteiger partial charge in [0.1, 0.15) is 0 Å². The Bertz CT molecular complexity index is 3250. The van der Waals surface area contributed by atoms with Crippen LogP contribution in [0.2, 0.25) is 0 Å².